The third-order valence-electron chi connectivity index (χ3n) is 7.30. The third kappa shape index (κ3) is 12.8. The zero-order valence-electron chi connectivity index (χ0n) is 22.8. The summed E-state index contributed by atoms with van der Waals surface area (Å²) in [6.45, 7) is 6.95. The van der Waals surface area contributed by atoms with E-state index in [1.54, 1.807) is 5.82 Å². The lowest BCUT2D eigenvalue weighted by molar-refractivity contribution is -0.704. The lowest BCUT2D eigenvalue weighted by Crippen LogP contribution is -2.37. The van der Waals surface area contributed by atoms with E-state index in [1.807, 2.05) is 0 Å². The Labute approximate surface area is 212 Å². The minimum absolute atomic E-state index is 1.14. The number of benzene rings is 1. The van der Waals surface area contributed by atoms with Gasteiger partial charge in [-0.25, -0.2) is 9.13 Å². The Morgan fingerprint density at radius 1 is 0.588 bits per heavy atom. The molecule has 192 valence electrons. The second-order valence-electron chi connectivity index (χ2n) is 10.4. The number of nitrogens with zero attached hydrogens (tertiary/aromatic N) is 2. The summed E-state index contributed by atoms with van der Waals surface area (Å²) in [6.07, 6.45) is 30.7. The predicted molar refractivity (Wildman–Crippen MR) is 148 cm³/mol. The fourth-order valence-corrected chi connectivity index (χ4v) is 5.12. The summed E-state index contributed by atoms with van der Waals surface area (Å²) >= 11 is 0. The average molecular weight is 468 g/mol. The number of aryl methyl sites for hydroxylation is 3. The lowest BCUT2D eigenvalue weighted by atomic mass is 10.1. The zero-order chi connectivity index (χ0) is 24.1. The number of aromatic nitrogens is 2. The molecular formula is C32H55N2+. The molecule has 0 radical (unpaired) electrons. The molecule has 0 bridgehead atoms. The van der Waals surface area contributed by atoms with Crippen LogP contribution in [0.15, 0.2) is 42.7 Å². The van der Waals surface area contributed by atoms with Crippen LogP contribution in [0.3, 0.4) is 0 Å². The van der Waals surface area contributed by atoms with Crippen molar-refractivity contribution in [2.24, 2.45) is 0 Å². The van der Waals surface area contributed by atoms with Crippen molar-refractivity contribution in [3.63, 3.8) is 0 Å². The summed E-state index contributed by atoms with van der Waals surface area (Å²) in [5.74, 6) is 1.57. The van der Waals surface area contributed by atoms with Crippen LogP contribution >= 0.6 is 0 Å². The van der Waals surface area contributed by atoms with Gasteiger partial charge >= 0.3 is 0 Å². The molecule has 0 fully saturated rings. The van der Waals surface area contributed by atoms with Crippen molar-refractivity contribution in [1.29, 1.82) is 0 Å². The van der Waals surface area contributed by atoms with Crippen LogP contribution < -0.4 is 4.57 Å². The molecule has 2 heteroatoms. The van der Waals surface area contributed by atoms with Crippen molar-refractivity contribution in [3.05, 3.63) is 54.1 Å². The van der Waals surface area contributed by atoms with Crippen LogP contribution in [0.4, 0.5) is 0 Å². The van der Waals surface area contributed by atoms with Gasteiger partial charge in [-0.3, -0.25) is 0 Å². The number of hydrogen-bond donors (Lipinski definition) is 0. The monoisotopic (exact) mass is 467 g/mol. The number of unbranched alkanes of at least 4 members (excludes halogenated alkanes) is 14. The molecule has 0 N–H and O–H groups in total. The Hall–Kier alpha value is -1.57. The van der Waals surface area contributed by atoms with Crippen LogP contribution in [0.2, 0.25) is 0 Å². The van der Waals surface area contributed by atoms with Crippen molar-refractivity contribution in [1.82, 2.24) is 4.57 Å². The van der Waals surface area contributed by atoms with Gasteiger partial charge in [0.1, 0.15) is 12.4 Å². The van der Waals surface area contributed by atoms with Crippen molar-refractivity contribution in [2.75, 3.05) is 0 Å². The smallest absolute Gasteiger partial charge is 0.234 e. The molecule has 0 amide bonds. The van der Waals surface area contributed by atoms with Gasteiger partial charge in [-0.15, -0.1) is 0 Å². The van der Waals surface area contributed by atoms with E-state index in [4.69, 9.17) is 0 Å². The topological polar surface area (TPSA) is 8.81 Å². The highest BCUT2D eigenvalue weighted by Crippen LogP contribution is 2.13. The number of imidazole rings is 1. The SMILES string of the molecule is CCCCCCCCCCCCn1cc[n+](CCCc2ccccc2)c1CCCCCCCC. The zero-order valence-corrected chi connectivity index (χ0v) is 22.8. The summed E-state index contributed by atoms with van der Waals surface area (Å²) in [7, 11) is 0. The third-order valence-corrected chi connectivity index (χ3v) is 7.30. The van der Waals surface area contributed by atoms with Gasteiger partial charge in [-0.1, -0.05) is 128 Å². The van der Waals surface area contributed by atoms with Gasteiger partial charge in [0, 0.05) is 6.42 Å². The molecule has 0 unspecified atom stereocenters. The summed E-state index contributed by atoms with van der Waals surface area (Å²) in [4.78, 5) is 0. The molecule has 2 rings (SSSR count). The second kappa shape index (κ2) is 19.7. The Bertz CT molecular complexity index is 703. The average Bonchev–Trinajstić information content (AvgIpc) is 3.24. The number of rotatable bonds is 22. The highest BCUT2D eigenvalue weighted by Gasteiger charge is 2.16. The highest BCUT2D eigenvalue weighted by molar-refractivity contribution is 5.14. The first kappa shape index (κ1) is 28.7. The summed E-state index contributed by atoms with van der Waals surface area (Å²) in [5.41, 5.74) is 1.46. The fourth-order valence-electron chi connectivity index (χ4n) is 5.12. The first-order valence-electron chi connectivity index (χ1n) is 15.0. The molecule has 0 atom stereocenters. The molecule has 1 aromatic heterocycles. The van der Waals surface area contributed by atoms with Crippen molar-refractivity contribution in [2.45, 2.75) is 149 Å². The van der Waals surface area contributed by atoms with Gasteiger partial charge < -0.3 is 0 Å². The minimum atomic E-state index is 1.14. The molecule has 2 aromatic rings. The van der Waals surface area contributed by atoms with E-state index >= 15 is 0 Å². The molecule has 0 aliphatic rings. The molecule has 0 saturated heterocycles. The predicted octanol–water partition coefficient (Wildman–Crippen LogP) is 9.23. The van der Waals surface area contributed by atoms with Crippen LogP contribution in [-0.4, -0.2) is 4.57 Å². The Balaban J connectivity index is 1.74. The largest absolute Gasteiger partial charge is 0.256 e. The lowest BCUT2D eigenvalue weighted by Gasteiger charge is -2.07. The quantitative estimate of drug-likeness (QED) is 0.120. The maximum atomic E-state index is 2.58. The van der Waals surface area contributed by atoms with E-state index in [0.717, 1.165) is 6.54 Å². The van der Waals surface area contributed by atoms with Crippen LogP contribution in [0, 0.1) is 0 Å². The van der Waals surface area contributed by atoms with Gasteiger partial charge in [-0.2, -0.15) is 0 Å². The minimum Gasteiger partial charge on any atom is -0.234 e. The molecular weight excluding hydrogens is 412 g/mol. The molecule has 0 aliphatic heterocycles. The maximum absolute atomic E-state index is 2.58. The van der Waals surface area contributed by atoms with E-state index in [-0.39, 0.29) is 0 Å². The van der Waals surface area contributed by atoms with Crippen LogP contribution in [-0.2, 0) is 25.9 Å². The van der Waals surface area contributed by atoms with Crippen molar-refractivity contribution >= 4 is 0 Å². The standard InChI is InChI=1S/C32H55N2/c1-3-5-7-9-11-12-13-14-16-21-27-33-29-30-34(28-22-25-31-23-18-17-19-24-31)32(33)26-20-15-10-8-6-4-2/h17-19,23-24,29-30H,3-16,20-22,25-28H2,1-2H3/q+1. The Morgan fingerprint density at radius 2 is 1.15 bits per heavy atom. The van der Waals surface area contributed by atoms with Gasteiger partial charge in [0.2, 0.25) is 0 Å². The van der Waals surface area contributed by atoms with E-state index < -0.39 is 0 Å². The summed E-state index contributed by atoms with van der Waals surface area (Å²) in [5, 5.41) is 0. The molecule has 0 spiro atoms. The number of hydrogen-bond acceptors (Lipinski definition) is 0. The second-order valence-corrected chi connectivity index (χ2v) is 10.4. The van der Waals surface area contributed by atoms with Crippen molar-refractivity contribution in [3.8, 4) is 0 Å². The summed E-state index contributed by atoms with van der Waals surface area (Å²) in [6, 6.07) is 11.0. The van der Waals surface area contributed by atoms with E-state index in [1.165, 1.54) is 134 Å². The molecule has 0 aliphatic carbocycles. The van der Waals surface area contributed by atoms with Gasteiger partial charge in [0.25, 0.3) is 5.82 Å². The van der Waals surface area contributed by atoms with Gasteiger partial charge in [-0.05, 0) is 37.7 Å². The van der Waals surface area contributed by atoms with Crippen LogP contribution in [0.5, 0.6) is 0 Å². The molecule has 0 saturated carbocycles. The van der Waals surface area contributed by atoms with E-state index in [0.29, 0.717) is 0 Å². The summed E-state index contributed by atoms with van der Waals surface area (Å²) < 4.78 is 5.14. The molecule has 1 heterocycles. The van der Waals surface area contributed by atoms with Gasteiger partial charge in [0.15, 0.2) is 0 Å². The molecule has 2 nitrogen and oxygen atoms in total. The van der Waals surface area contributed by atoms with Gasteiger partial charge in [0.05, 0.1) is 13.1 Å². The van der Waals surface area contributed by atoms with E-state index in [2.05, 4.69) is 65.7 Å². The Kier molecular flexibility index (Phi) is 16.6. The Morgan fingerprint density at radius 3 is 1.76 bits per heavy atom. The van der Waals surface area contributed by atoms with Crippen LogP contribution in [0.25, 0.3) is 0 Å². The first-order valence-corrected chi connectivity index (χ1v) is 15.0. The van der Waals surface area contributed by atoms with Crippen LogP contribution in [0.1, 0.15) is 134 Å². The maximum Gasteiger partial charge on any atom is 0.256 e. The van der Waals surface area contributed by atoms with E-state index in [9.17, 15) is 0 Å². The molecule has 34 heavy (non-hydrogen) atoms. The fraction of sp³-hybridized carbons (Fsp3) is 0.719. The first-order chi connectivity index (χ1) is 16.8. The highest BCUT2D eigenvalue weighted by atomic mass is 15.1. The normalized spacial score (nSPS) is 11.4. The van der Waals surface area contributed by atoms with Crippen molar-refractivity contribution < 1.29 is 4.57 Å². The molecule has 1 aromatic carbocycles.